The van der Waals surface area contributed by atoms with Gasteiger partial charge in [-0.05, 0) is 31.5 Å². The minimum atomic E-state index is -0.130. The van der Waals surface area contributed by atoms with Crippen molar-refractivity contribution in [2.24, 2.45) is 0 Å². The molecule has 0 aromatic heterocycles. The summed E-state index contributed by atoms with van der Waals surface area (Å²) in [5.41, 5.74) is 1.09. The van der Waals surface area contributed by atoms with Crippen molar-refractivity contribution < 1.29 is 9.53 Å². The van der Waals surface area contributed by atoms with Crippen molar-refractivity contribution >= 4 is 5.78 Å². The molecule has 2 aromatic carbocycles. The first-order valence-corrected chi connectivity index (χ1v) is 9.36. The van der Waals surface area contributed by atoms with Crippen molar-refractivity contribution in [3.63, 3.8) is 0 Å². The van der Waals surface area contributed by atoms with Gasteiger partial charge in [0.05, 0.1) is 6.04 Å². The van der Waals surface area contributed by atoms with Crippen LogP contribution in [-0.2, 0) is 4.79 Å². The molecule has 0 spiro atoms. The lowest BCUT2D eigenvalue weighted by atomic mass is 10.0. The highest BCUT2D eigenvalue weighted by molar-refractivity contribution is 5.82. The van der Waals surface area contributed by atoms with E-state index in [1.54, 1.807) is 6.92 Å². The van der Waals surface area contributed by atoms with E-state index in [2.05, 4.69) is 28.9 Å². The Morgan fingerprint density at radius 3 is 2.04 bits per heavy atom. The molecule has 1 heterocycles. The van der Waals surface area contributed by atoms with Crippen LogP contribution in [0.15, 0.2) is 60.7 Å². The first kappa shape index (κ1) is 18.6. The van der Waals surface area contributed by atoms with Crippen molar-refractivity contribution in [1.29, 1.82) is 0 Å². The Hall–Kier alpha value is -2.17. The summed E-state index contributed by atoms with van der Waals surface area (Å²) in [6.45, 7) is 8.28. The van der Waals surface area contributed by atoms with E-state index in [1.807, 2.05) is 48.5 Å². The van der Waals surface area contributed by atoms with Crippen molar-refractivity contribution in [1.82, 2.24) is 9.80 Å². The lowest BCUT2D eigenvalue weighted by Crippen LogP contribution is -2.52. The average molecular weight is 352 g/mol. The minimum absolute atomic E-state index is 0.130. The van der Waals surface area contributed by atoms with Crippen LogP contribution in [0.5, 0.6) is 5.75 Å². The third-order valence-electron chi connectivity index (χ3n) is 5.07. The number of Topliss-reactive ketones (excluding diaryl/α,β-unsaturated/α-hetero) is 1. The Bertz CT molecular complexity index is 682. The van der Waals surface area contributed by atoms with Crippen LogP contribution < -0.4 is 4.74 Å². The molecule has 0 aliphatic carbocycles. The fourth-order valence-corrected chi connectivity index (χ4v) is 3.61. The van der Waals surface area contributed by atoms with E-state index in [9.17, 15) is 4.79 Å². The molecule has 1 aliphatic heterocycles. The summed E-state index contributed by atoms with van der Waals surface area (Å²) >= 11 is 0. The number of hydrogen-bond donors (Lipinski definition) is 0. The lowest BCUT2D eigenvalue weighted by molar-refractivity contribution is -0.123. The standard InChI is InChI=1S/C22H28N2O2/c1-18(17-26-21-11-7-4-8-12-21)23-13-15-24(16-14-23)22(19(2)25)20-9-5-3-6-10-20/h3-12,18,22H,13-17H2,1-2H3. The number of carbonyl (C=O) groups excluding carboxylic acids is 1. The zero-order chi connectivity index (χ0) is 18.4. The Labute approximate surface area is 156 Å². The third-order valence-corrected chi connectivity index (χ3v) is 5.07. The largest absolute Gasteiger partial charge is 0.492 e. The number of benzene rings is 2. The van der Waals surface area contributed by atoms with E-state index in [-0.39, 0.29) is 11.8 Å². The topological polar surface area (TPSA) is 32.8 Å². The van der Waals surface area contributed by atoms with Crippen LogP contribution in [0.4, 0.5) is 0 Å². The van der Waals surface area contributed by atoms with Gasteiger partial charge >= 0.3 is 0 Å². The molecule has 1 fully saturated rings. The normalized spacial score (nSPS) is 18.2. The summed E-state index contributed by atoms with van der Waals surface area (Å²) in [7, 11) is 0. The summed E-state index contributed by atoms with van der Waals surface area (Å²) in [4.78, 5) is 17.0. The molecular weight excluding hydrogens is 324 g/mol. The van der Waals surface area contributed by atoms with E-state index in [0.717, 1.165) is 37.5 Å². The fraction of sp³-hybridized carbons (Fsp3) is 0.409. The molecule has 2 aromatic rings. The van der Waals surface area contributed by atoms with Gasteiger partial charge in [-0.2, -0.15) is 0 Å². The summed E-state index contributed by atoms with van der Waals surface area (Å²) in [6.07, 6.45) is 0. The van der Waals surface area contributed by atoms with Gasteiger partial charge in [-0.1, -0.05) is 48.5 Å². The molecule has 0 N–H and O–H groups in total. The van der Waals surface area contributed by atoms with Crippen LogP contribution in [0.1, 0.15) is 25.5 Å². The minimum Gasteiger partial charge on any atom is -0.492 e. The zero-order valence-electron chi connectivity index (χ0n) is 15.7. The van der Waals surface area contributed by atoms with Crippen LogP contribution >= 0.6 is 0 Å². The number of ketones is 1. The second-order valence-corrected chi connectivity index (χ2v) is 6.97. The molecular formula is C22H28N2O2. The summed E-state index contributed by atoms with van der Waals surface area (Å²) in [5, 5.41) is 0. The van der Waals surface area contributed by atoms with E-state index in [1.165, 1.54) is 0 Å². The highest BCUT2D eigenvalue weighted by Gasteiger charge is 2.29. The maximum absolute atomic E-state index is 12.2. The Balaban J connectivity index is 1.53. The van der Waals surface area contributed by atoms with Crippen LogP contribution in [0.3, 0.4) is 0 Å². The van der Waals surface area contributed by atoms with Gasteiger partial charge in [-0.15, -0.1) is 0 Å². The Morgan fingerprint density at radius 2 is 1.46 bits per heavy atom. The van der Waals surface area contributed by atoms with E-state index in [4.69, 9.17) is 4.74 Å². The first-order chi connectivity index (χ1) is 12.6. The van der Waals surface area contributed by atoms with Crippen molar-refractivity contribution in [2.45, 2.75) is 25.9 Å². The fourth-order valence-electron chi connectivity index (χ4n) is 3.61. The van der Waals surface area contributed by atoms with Gasteiger partial charge in [0, 0.05) is 32.2 Å². The van der Waals surface area contributed by atoms with Crippen LogP contribution in [0.2, 0.25) is 0 Å². The molecule has 2 atom stereocenters. The summed E-state index contributed by atoms with van der Waals surface area (Å²) < 4.78 is 5.89. The molecule has 0 amide bonds. The van der Waals surface area contributed by atoms with Gasteiger partial charge in [0.2, 0.25) is 0 Å². The average Bonchev–Trinajstić information content (AvgIpc) is 2.68. The number of nitrogens with zero attached hydrogens (tertiary/aromatic N) is 2. The monoisotopic (exact) mass is 352 g/mol. The molecule has 4 nitrogen and oxygen atoms in total. The van der Waals surface area contributed by atoms with E-state index in [0.29, 0.717) is 12.6 Å². The molecule has 0 bridgehead atoms. The van der Waals surface area contributed by atoms with Gasteiger partial charge in [-0.3, -0.25) is 14.6 Å². The van der Waals surface area contributed by atoms with Gasteiger partial charge in [0.15, 0.2) is 5.78 Å². The molecule has 3 rings (SSSR count). The third kappa shape index (κ3) is 4.71. The number of piperazine rings is 1. The SMILES string of the molecule is CC(=O)C(c1ccccc1)N1CCN(C(C)COc2ccccc2)CC1. The van der Waals surface area contributed by atoms with Crippen LogP contribution in [-0.4, -0.2) is 54.4 Å². The van der Waals surface area contributed by atoms with Crippen molar-refractivity contribution in [3.8, 4) is 5.75 Å². The smallest absolute Gasteiger partial charge is 0.151 e. The van der Waals surface area contributed by atoms with Crippen molar-refractivity contribution in [2.75, 3.05) is 32.8 Å². The van der Waals surface area contributed by atoms with Gasteiger partial charge in [-0.25, -0.2) is 0 Å². The second kappa shape index (κ2) is 8.97. The highest BCUT2D eigenvalue weighted by Crippen LogP contribution is 2.23. The maximum atomic E-state index is 12.2. The molecule has 0 radical (unpaired) electrons. The molecule has 1 saturated heterocycles. The number of para-hydroxylation sites is 1. The van der Waals surface area contributed by atoms with Gasteiger partial charge in [0.25, 0.3) is 0 Å². The predicted molar refractivity (Wildman–Crippen MR) is 104 cm³/mol. The molecule has 2 unspecified atom stereocenters. The van der Waals surface area contributed by atoms with Crippen molar-refractivity contribution in [3.05, 3.63) is 66.2 Å². The maximum Gasteiger partial charge on any atom is 0.151 e. The number of ether oxygens (including phenoxy) is 1. The summed E-state index contributed by atoms with van der Waals surface area (Å²) in [6, 6.07) is 20.3. The lowest BCUT2D eigenvalue weighted by Gasteiger charge is -2.40. The Kier molecular flexibility index (Phi) is 6.42. The van der Waals surface area contributed by atoms with E-state index >= 15 is 0 Å². The first-order valence-electron chi connectivity index (χ1n) is 9.36. The quantitative estimate of drug-likeness (QED) is 0.765. The van der Waals surface area contributed by atoms with Gasteiger partial charge in [0.1, 0.15) is 12.4 Å². The molecule has 138 valence electrons. The number of hydrogen-bond acceptors (Lipinski definition) is 4. The molecule has 26 heavy (non-hydrogen) atoms. The Morgan fingerprint density at radius 1 is 0.923 bits per heavy atom. The second-order valence-electron chi connectivity index (χ2n) is 6.97. The summed E-state index contributed by atoms with van der Waals surface area (Å²) in [5.74, 6) is 1.13. The number of rotatable bonds is 7. The van der Waals surface area contributed by atoms with E-state index < -0.39 is 0 Å². The van der Waals surface area contributed by atoms with Crippen LogP contribution in [0, 0.1) is 0 Å². The number of carbonyl (C=O) groups is 1. The van der Waals surface area contributed by atoms with Crippen LogP contribution in [0.25, 0.3) is 0 Å². The molecule has 1 aliphatic rings. The predicted octanol–water partition coefficient (Wildman–Crippen LogP) is 3.40. The zero-order valence-corrected chi connectivity index (χ0v) is 15.7. The highest BCUT2D eigenvalue weighted by atomic mass is 16.5. The molecule has 0 saturated carbocycles. The molecule has 4 heteroatoms. The van der Waals surface area contributed by atoms with Gasteiger partial charge < -0.3 is 4.74 Å².